The highest BCUT2D eigenvalue weighted by atomic mass is 19.1. The molecule has 1 aliphatic heterocycles. The van der Waals surface area contributed by atoms with Gasteiger partial charge in [0.25, 0.3) is 0 Å². The third kappa shape index (κ3) is 4.18. The van der Waals surface area contributed by atoms with Crippen molar-refractivity contribution >= 4 is 0 Å². The number of halogens is 1. The van der Waals surface area contributed by atoms with Crippen molar-refractivity contribution in [3.05, 3.63) is 29.6 Å². The number of methoxy groups -OCH3 is 1. The Labute approximate surface area is 121 Å². The van der Waals surface area contributed by atoms with Gasteiger partial charge >= 0.3 is 0 Å². The maximum absolute atomic E-state index is 13.7. The summed E-state index contributed by atoms with van der Waals surface area (Å²) in [4.78, 5) is 2.41. The van der Waals surface area contributed by atoms with E-state index in [-0.39, 0.29) is 5.82 Å². The molecule has 2 rings (SSSR count). The molecule has 1 unspecified atom stereocenters. The zero-order valence-corrected chi connectivity index (χ0v) is 12.5. The van der Waals surface area contributed by atoms with E-state index in [0.29, 0.717) is 11.8 Å². The molecule has 1 fully saturated rings. The van der Waals surface area contributed by atoms with Gasteiger partial charge in [-0.1, -0.05) is 13.0 Å². The molecule has 1 aromatic rings. The lowest BCUT2D eigenvalue weighted by Gasteiger charge is -2.25. The Kier molecular flexibility index (Phi) is 5.80. The summed E-state index contributed by atoms with van der Waals surface area (Å²) in [5.41, 5.74) is 1.01. The van der Waals surface area contributed by atoms with Crippen molar-refractivity contribution in [3.63, 3.8) is 0 Å². The maximum atomic E-state index is 13.7. The molecule has 1 aliphatic rings. The molecule has 1 saturated heterocycles. The Morgan fingerprint density at radius 2 is 2.30 bits per heavy atom. The van der Waals surface area contributed by atoms with E-state index in [1.165, 1.54) is 20.0 Å². The van der Waals surface area contributed by atoms with Crippen LogP contribution in [0.4, 0.5) is 4.39 Å². The molecule has 4 heteroatoms. The fourth-order valence-corrected chi connectivity index (χ4v) is 2.84. The van der Waals surface area contributed by atoms with Crippen molar-refractivity contribution in [2.75, 3.05) is 26.7 Å². The van der Waals surface area contributed by atoms with E-state index >= 15 is 0 Å². The van der Waals surface area contributed by atoms with Gasteiger partial charge in [-0.25, -0.2) is 4.39 Å². The Morgan fingerprint density at radius 3 is 2.90 bits per heavy atom. The van der Waals surface area contributed by atoms with E-state index in [1.807, 2.05) is 6.07 Å². The lowest BCUT2D eigenvalue weighted by Crippen LogP contribution is -2.37. The van der Waals surface area contributed by atoms with Gasteiger partial charge in [0.15, 0.2) is 11.6 Å². The van der Waals surface area contributed by atoms with Gasteiger partial charge < -0.3 is 10.1 Å². The molecule has 0 saturated carbocycles. The molecule has 0 aromatic heterocycles. The van der Waals surface area contributed by atoms with Gasteiger partial charge in [-0.05, 0) is 50.0 Å². The molecular weight excluding hydrogens is 255 g/mol. The van der Waals surface area contributed by atoms with E-state index in [2.05, 4.69) is 17.1 Å². The highest BCUT2D eigenvalue weighted by Crippen LogP contribution is 2.19. The van der Waals surface area contributed by atoms with E-state index in [0.717, 1.165) is 38.2 Å². The molecule has 0 spiro atoms. The van der Waals surface area contributed by atoms with Crippen LogP contribution in [0.25, 0.3) is 0 Å². The zero-order valence-electron chi connectivity index (χ0n) is 12.5. The molecule has 3 nitrogen and oxygen atoms in total. The first-order valence-corrected chi connectivity index (χ1v) is 7.51. The minimum atomic E-state index is -0.277. The van der Waals surface area contributed by atoms with E-state index < -0.39 is 0 Å². The topological polar surface area (TPSA) is 24.5 Å². The van der Waals surface area contributed by atoms with Crippen molar-refractivity contribution in [2.24, 2.45) is 0 Å². The second-order valence-electron chi connectivity index (χ2n) is 5.50. The average Bonchev–Trinajstić information content (AvgIpc) is 2.92. The predicted octanol–water partition coefficient (Wildman–Crippen LogP) is 2.80. The van der Waals surface area contributed by atoms with E-state index in [9.17, 15) is 4.39 Å². The summed E-state index contributed by atoms with van der Waals surface area (Å²) < 4.78 is 18.7. The van der Waals surface area contributed by atoms with Crippen LogP contribution in [0.1, 0.15) is 31.7 Å². The fraction of sp³-hybridized carbons (Fsp3) is 0.625. The highest BCUT2D eigenvalue weighted by molar-refractivity contribution is 5.29. The SMILES string of the molecule is CCCN(Cc1ccc(OC)c(F)c1)CC1CCCN1. The summed E-state index contributed by atoms with van der Waals surface area (Å²) in [5.74, 6) is 0.0358. The molecule has 1 aromatic carbocycles. The zero-order chi connectivity index (χ0) is 14.4. The van der Waals surface area contributed by atoms with Crippen LogP contribution in [-0.2, 0) is 6.54 Å². The molecule has 20 heavy (non-hydrogen) atoms. The number of nitrogens with one attached hydrogen (secondary N) is 1. The fourth-order valence-electron chi connectivity index (χ4n) is 2.84. The first-order chi connectivity index (χ1) is 9.72. The Hall–Kier alpha value is -1.13. The van der Waals surface area contributed by atoms with Crippen molar-refractivity contribution in [3.8, 4) is 5.75 Å². The van der Waals surface area contributed by atoms with Gasteiger partial charge in [0.1, 0.15) is 0 Å². The molecule has 112 valence electrons. The second kappa shape index (κ2) is 7.60. The largest absolute Gasteiger partial charge is 0.494 e. The van der Waals surface area contributed by atoms with Crippen LogP contribution in [-0.4, -0.2) is 37.7 Å². The predicted molar refractivity (Wildman–Crippen MR) is 79.5 cm³/mol. The molecule has 1 heterocycles. The number of nitrogens with zero attached hydrogens (tertiary/aromatic N) is 1. The van der Waals surface area contributed by atoms with Crippen molar-refractivity contribution in [1.82, 2.24) is 10.2 Å². The van der Waals surface area contributed by atoms with Crippen LogP contribution >= 0.6 is 0 Å². The molecule has 0 radical (unpaired) electrons. The summed E-state index contributed by atoms with van der Waals surface area (Å²) in [7, 11) is 1.49. The smallest absolute Gasteiger partial charge is 0.165 e. The number of hydrogen-bond donors (Lipinski definition) is 1. The lowest BCUT2D eigenvalue weighted by atomic mass is 10.1. The number of rotatable bonds is 7. The van der Waals surface area contributed by atoms with Crippen molar-refractivity contribution in [1.29, 1.82) is 0 Å². The van der Waals surface area contributed by atoms with Crippen LogP contribution in [0.5, 0.6) is 5.75 Å². The van der Waals surface area contributed by atoms with Crippen molar-refractivity contribution in [2.45, 2.75) is 38.8 Å². The third-order valence-electron chi connectivity index (χ3n) is 3.80. The van der Waals surface area contributed by atoms with Crippen molar-refractivity contribution < 1.29 is 9.13 Å². The standard InChI is InChI=1S/C16H25FN2O/c1-3-9-19(12-14-5-4-8-18-14)11-13-6-7-16(20-2)15(17)10-13/h6-7,10,14,18H,3-5,8-9,11-12H2,1-2H3. The Balaban J connectivity index is 1.97. The Bertz CT molecular complexity index is 419. The van der Waals surface area contributed by atoms with Crippen LogP contribution in [0, 0.1) is 5.82 Å². The van der Waals surface area contributed by atoms with Crippen LogP contribution in [0.3, 0.4) is 0 Å². The lowest BCUT2D eigenvalue weighted by molar-refractivity contribution is 0.241. The maximum Gasteiger partial charge on any atom is 0.165 e. The molecule has 1 atom stereocenters. The first-order valence-electron chi connectivity index (χ1n) is 7.51. The number of ether oxygens (including phenoxy) is 1. The van der Waals surface area contributed by atoms with Gasteiger partial charge in [-0.3, -0.25) is 4.90 Å². The molecule has 0 amide bonds. The molecule has 0 bridgehead atoms. The summed E-state index contributed by atoms with van der Waals surface area (Å²) in [6, 6.07) is 5.84. The van der Waals surface area contributed by atoms with Crippen LogP contribution in [0.2, 0.25) is 0 Å². The molecule has 1 N–H and O–H groups in total. The van der Waals surface area contributed by atoms with E-state index in [1.54, 1.807) is 12.1 Å². The third-order valence-corrected chi connectivity index (χ3v) is 3.80. The first kappa shape index (κ1) is 15.3. The second-order valence-corrected chi connectivity index (χ2v) is 5.50. The summed E-state index contributed by atoms with van der Waals surface area (Å²) in [6.07, 6.45) is 3.63. The summed E-state index contributed by atoms with van der Waals surface area (Å²) >= 11 is 0. The minimum Gasteiger partial charge on any atom is -0.494 e. The van der Waals surface area contributed by atoms with Gasteiger partial charge in [0.05, 0.1) is 7.11 Å². The van der Waals surface area contributed by atoms with Gasteiger partial charge in [0, 0.05) is 19.1 Å². The monoisotopic (exact) mass is 280 g/mol. The molecule has 0 aliphatic carbocycles. The van der Waals surface area contributed by atoms with E-state index in [4.69, 9.17) is 4.74 Å². The van der Waals surface area contributed by atoms with Gasteiger partial charge in [0.2, 0.25) is 0 Å². The summed E-state index contributed by atoms with van der Waals surface area (Å²) in [5, 5.41) is 3.53. The van der Waals surface area contributed by atoms with Crippen LogP contribution in [0.15, 0.2) is 18.2 Å². The number of hydrogen-bond acceptors (Lipinski definition) is 3. The quantitative estimate of drug-likeness (QED) is 0.831. The molecular formula is C16H25FN2O. The minimum absolute atomic E-state index is 0.277. The average molecular weight is 280 g/mol. The van der Waals surface area contributed by atoms with Gasteiger partial charge in [-0.2, -0.15) is 0 Å². The normalized spacial score (nSPS) is 18.7. The summed E-state index contributed by atoms with van der Waals surface area (Å²) in [6.45, 7) is 6.20. The number of benzene rings is 1. The highest BCUT2D eigenvalue weighted by Gasteiger charge is 2.18. The van der Waals surface area contributed by atoms with Crippen LogP contribution < -0.4 is 10.1 Å². The Morgan fingerprint density at radius 1 is 1.45 bits per heavy atom. The van der Waals surface area contributed by atoms with Gasteiger partial charge in [-0.15, -0.1) is 0 Å².